The topological polar surface area (TPSA) is 41.6 Å². The van der Waals surface area contributed by atoms with Crippen LogP contribution in [0.15, 0.2) is 27.3 Å². The molecule has 6 heteroatoms. The van der Waals surface area contributed by atoms with Gasteiger partial charge in [-0.1, -0.05) is 11.6 Å². The predicted molar refractivity (Wildman–Crippen MR) is 49.8 cm³/mol. The van der Waals surface area contributed by atoms with Crippen molar-refractivity contribution in [2.45, 2.75) is 9.50 Å². The number of aromatic amines is 1. The maximum atomic E-state index is 5.66. The zero-order valence-electron chi connectivity index (χ0n) is 5.82. The fourth-order valence-electron chi connectivity index (χ4n) is 0.675. The fraction of sp³-hybridized carbons (Fsp3) is 0. The Hall–Kier alpha value is -0.520. The second-order valence-electron chi connectivity index (χ2n) is 1.93. The highest BCUT2D eigenvalue weighted by molar-refractivity contribution is 8.00. The number of nitrogens with zero attached hydrogens (tertiary/aromatic N) is 2. The molecule has 0 radical (unpaired) electrons. The zero-order valence-corrected chi connectivity index (χ0v) is 8.21. The Morgan fingerprint density at radius 2 is 2.50 bits per heavy atom. The summed E-state index contributed by atoms with van der Waals surface area (Å²) in [5, 5.41) is 3.17. The van der Waals surface area contributed by atoms with Crippen molar-refractivity contribution in [2.75, 3.05) is 0 Å². The molecule has 0 aliphatic heterocycles. The van der Waals surface area contributed by atoms with Crippen LogP contribution in [0.4, 0.5) is 0 Å². The van der Waals surface area contributed by atoms with E-state index in [9.17, 15) is 0 Å². The smallest absolute Gasteiger partial charge is 0.172 e. The lowest BCUT2D eigenvalue weighted by Gasteiger charge is -1.88. The number of aromatic nitrogens is 3. The van der Waals surface area contributed by atoms with Gasteiger partial charge in [0.15, 0.2) is 9.50 Å². The number of rotatable bonds is 2. The first kappa shape index (κ1) is 8.10. The number of hydrogen-bond donors (Lipinski definition) is 1. The summed E-state index contributed by atoms with van der Waals surface area (Å²) in [5.74, 6) is 0. The molecule has 2 aromatic rings. The van der Waals surface area contributed by atoms with E-state index in [2.05, 4.69) is 15.0 Å². The SMILES string of the molecule is Clc1csc(Sc2ncc[nH]2)n1. The van der Waals surface area contributed by atoms with Crippen LogP contribution in [0.5, 0.6) is 0 Å². The normalized spacial score (nSPS) is 10.4. The number of hydrogen-bond acceptors (Lipinski definition) is 4. The first-order chi connectivity index (χ1) is 5.84. The number of thiazole rings is 1. The fourth-order valence-corrected chi connectivity index (χ4v) is 2.52. The molecule has 0 saturated carbocycles. The van der Waals surface area contributed by atoms with Crippen LogP contribution >= 0.6 is 34.7 Å². The summed E-state index contributed by atoms with van der Waals surface area (Å²) in [5.41, 5.74) is 0. The van der Waals surface area contributed by atoms with E-state index in [0.29, 0.717) is 5.15 Å². The Kier molecular flexibility index (Phi) is 2.34. The van der Waals surface area contributed by atoms with Crippen LogP contribution < -0.4 is 0 Å². The molecule has 3 nitrogen and oxygen atoms in total. The van der Waals surface area contributed by atoms with Gasteiger partial charge in [-0.05, 0) is 11.8 Å². The highest BCUT2D eigenvalue weighted by Gasteiger charge is 2.03. The summed E-state index contributed by atoms with van der Waals surface area (Å²) in [6.45, 7) is 0. The second kappa shape index (κ2) is 3.47. The second-order valence-corrected chi connectivity index (χ2v) is 4.41. The van der Waals surface area contributed by atoms with E-state index in [1.54, 1.807) is 17.8 Å². The summed E-state index contributed by atoms with van der Waals surface area (Å²) in [6.07, 6.45) is 3.48. The van der Waals surface area contributed by atoms with Crippen molar-refractivity contribution in [1.29, 1.82) is 0 Å². The minimum atomic E-state index is 0.536. The van der Waals surface area contributed by atoms with E-state index >= 15 is 0 Å². The largest absolute Gasteiger partial charge is 0.339 e. The molecule has 1 N–H and O–H groups in total. The van der Waals surface area contributed by atoms with E-state index in [0.717, 1.165) is 9.50 Å². The molecule has 0 bridgehead atoms. The molecule has 2 rings (SSSR count). The Bertz CT molecular complexity index is 357. The Morgan fingerprint density at radius 1 is 1.58 bits per heavy atom. The third-order valence-corrected chi connectivity index (χ3v) is 3.29. The maximum absolute atomic E-state index is 5.66. The molecule has 0 atom stereocenters. The van der Waals surface area contributed by atoms with Gasteiger partial charge < -0.3 is 4.98 Å². The molecule has 0 fully saturated rings. The highest BCUT2D eigenvalue weighted by atomic mass is 35.5. The lowest BCUT2D eigenvalue weighted by atomic mass is 11.0. The van der Waals surface area contributed by atoms with Crippen molar-refractivity contribution in [3.8, 4) is 0 Å². The van der Waals surface area contributed by atoms with Gasteiger partial charge in [-0.2, -0.15) is 0 Å². The molecule has 0 saturated heterocycles. The average molecular weight is 218 g/mol. The molecule has 12 heavy (non-hydrogen) atoms. The molecule has 0 aromatic carbocycles. The van der Waals surface area contributed by atoms with Gasteiger partial charge in [0.25, 0.3) is 0 Å². The monoisotopic (exact) mass is 217 g/mol. The van der Waals surface area contributed by atoms with Crippen molar-refractivity contribution in [1.82, 2.24) is 15.0 Å². The van der Waals surface area contributed by atoms with Crippen molar-refractivity contribution in [3.63, 3.8) is 0 Å². The van der Waals surface area contributed by atoms with Crippen molar-refractivity contribution < 1.29 is 0 Å². The summed E-state index contributed by atoms with van der Waals surface area (Å²) in [7, 11) is 0. The van der Waals surface area contributed by atoms with Crippen LogP contribution in [-0.2, 0) is 0 Å². The van der Waals surface area contributed by atoms with E-state index in [4.69, 9.17) is 11.6 Å². The van der Waals surface area contributed by atoms with Gasteiger partial charge in [0.1, 0.15) is 5.15 Å². The Balaban J connectivity index is 2.14. The molecule has 0 unspecified atom stereocenters. The third-order valence-electron chi connectivity index (χ3n) is 1.11. The Morgan fingerprint density at radius 3 is 3.08 bits per heavy atom. The summed E-state index contributed by atoms with van der Waals surface area (Å²) >= 11 is 8.63. The van der Waals surface area contributed by atoms with Gasteiger partial charge in [0.2, 0.25) is 0 Å². The minimum absolute atomic E-state index is 0.536. The standard InChI is InChI=1S/C6H4ClN3S2/c7-4-3-11-6(10-4)12-5-8-1-2-9-5/h1-3H,(H,8,9). The quantitative estimate of drug-likeness (QED) is 0.841. The molecule has 2 aromatic heterocycles. The first-order valence-corrected chi connectivity index (χ1v) is 5.20. The Labute approximate surface area is 82.2 Å². The molecule has 0 aliphatic carbocycles. The van der Waals surface area contributed by atoms with E-state index < -0.39 is 0 Å². The van der Waals surface area contributed by atoms with Crippen LogP contribution in [0.25, 0.3) is 0 Å². The van der Waals surface area contributed by atoms with Crippen molar-refractivity contribution in [2.24, 2.45) is 0 Å². The van der Waals surface area contributed by atoms with Gasteiger partial charge in [-0.15, -0.1) is 11.3 Å². The van der Waals surface area contributed by atoms with E-state index in [-0.39, 0.29) is 0 Å². The van der Waals surface area contributed by atoms with Gasteiger partial charge in [-0.25, -0.2) is 9.97 Å². The first-order valence-electron chi connectivity index (χ1n) is 3.13. The van der Waals surface area contributed by atoms with E-state index in [1.807, 2.05) is 0 Å². The molecule has 0 spiro atoms. The minimum Gasteiger partial charge on any atom is -0.339 e. The van der Waals surface area contributed by atoms with Crippen molar-refractivity contribution >= 4 is 34.7 Å². The van der Waals surface area contributed by atoms with Gasteiger partial charge in [0.05, 0.1) is 0 Å². The average Bonchev–Trinajstić information content (AvgIpc) is 2.63. The summed E-state index contributed by atoms with van der Waals surface area (Å²) < 4.78 is 0.898. The van der Waals surface area contributed by atoms with Gasteiger partial charge in [-0.3, -0.25) is 0 Å². The number of H-pyrrole nitrogens is 1. The van der Waals surface area contributed by atoms with Crippen LogP contribution in [0.2, 0.25) is 5.15 Å². The molecule has 2 heterocycles. The zero-order chi connectivity index (χ0) is 8.39. The van der Waals surface area contributed by atoms with Crippen LogP contribution in [0, 0.1) is 0 Å². The van der Waals surface area contributed by atoms with Gasteiger partial charge >= 0.3 is 0 Å². The molecule has 0 amide bonds. The third kappa shape index (κ3) is 1.80. The lowest BCUT2D eigenvalue weighted by Crippen LogP contribution is -1.73. The molecular weight excluding hydrogens is 214 g/mol. The summed E-state index contributed by atoms with van der Waals surface area (Å²) in [6, 6.07) is 0. The summed E-state index contributed by atoms with van der Waals surface area (Å²) in [4.78, 5) is 11.1. The highest BCUT2D eigenvalue weighted by Crippen LogP contribution is 2.28. The molecule has 62 valence electrons. The van der Waals surface area contributed by atoms with Gasteiger partial charge in [0, 0.05) is 17.8 Å². The number of halogens is 1. The van der Waals surface area contributed by atoms with Crippen LogP contribution in [-0.4, -0.2) is 15.0 Å². The maximum Gasteiger partial charge on any atom is 0.172 e. The van der Waals surface area contributed by atoms with Crippen LogP contribution in [0.3, 0.4) is 0 Å². The lowest BCUT2D eigenvalue weighted by molar-refractivity contribution is 1.05. The molecule has 0 aliphatic rings. The molecular formula is C6H4ClN3S2. The van der Waals surface area contributed by atoms with Crippen molar-refractivity contribution in [3.05, 3.63) is 22.9 Å². The number of imidazole rings is 1. The van der Waals surface area contributed by atoms with E-state index in [1.165, 1.54) is 23.1 Å². The predicted octanol–water partition coefficient (Wildman–Crippen LogP) is 2.67. The number of nitrogens with one attached hydrogen (secondary N) is 1. The van der Waals surface area contributed by atoms with Crippen LogP contribution in [0.1, 0.15) is 0 Å².